The Kier molecular flexibility index (Phi) is 5.36. The lowest BCUT2D eigenvalue weighted by Crippen LogP contribution is -2.33. The normalized spacial score (nSPS) is 13.0. The van der Waals surface area contributed by atoms with Crippen molar-refractivity contribution in [3.63, 3.8) is 0 Å². The summed E-state index contributed by atoms with van der Waals surface area (Å²) in [4.78, 5) is 0. The molecule has 86 valence electrons. The number of ether oxygens (including phenoxy) is 1. The Morgan fingerprint density at radius 3 is 2.93 bits per heavy atom. The zero-order valence-electron chi connectivity index (χ0n) is 9.86. The molecule has 0 amide bonds. The summed E-state index contributed by atoms with van der Waals surface area (Å²) in [6.45, 7) is 3.88. The number of aromatic nitrogens is 2. The molecule has 1 aromatic rings. The maximum atomic E-state index is 5.17. The highest BCUT2D eigenvalue weighted by Crippen LogP contribution is 2.04. The van der Waals surface area contributed by atoms with E-state index >= 15 is 0 Å². The number of rotatable bonds is 7. The minimum atomic E-state index is 0.445. The molecule has 0 radical (unpaired) electrons. The van der Waals surface area contributed by atoms with Crippen LogP contribution >= 0.6 is 0 Å². The summed E-state index contributed by atoms with van der Waals surface area (Å²) < 4.78 is 7.01. The van der Waals surface area contributed by atoms with Crippen molar-refractivity contribution in [1.29, 1.82) is 0 Å². The van der Waals surface area contributed by atoms with Gasteiger partial charge in [-0.1, -0.05) is 6.92 Å². The van der Waals surface area contributed by atoms with Gasteiger partial charge in [-0.05, 0) is 24.9 Å². The summed E-state index contributed by atoms with van der Waals surface area (Å²) in [7, 11) is 3.69. The van der Waals surface area contributed by atoms with Crippen LogP contribution in [0, 0.1) is 0 Å². The van der Waals surface area contributed by atoms with E-state index in [1.165, 1.54) is 5.56 Å². The monoisotopic (exact) mass is 211 g/mol. The van der Waals surface area contributed by atoms with Crippen molar-refractivity contribution in [2.75, 3.05) is 20.3 Å². The third kappa shape index (κ3) is 4.44. The Hall–Kier alpha value is -0.870. The molecule has 1 heterocycles. The van der Waals surface area contributed by atoms with E-state index in [1.807, 2.05) is 17.9 Å². The van der Waals surface area contributed by atoms with Crippen LogP contribution in [0.15, 0.2) is 12.4 Å². The molecular formula is C11H21N3O. The molecule has 0 saturated carbocycles. The lowest BCUT2D eigenvalue weighted by molar-refractivity contribution is 0.163. The van der Waals surface area contributed by atoms with Gasteiger partial charge in [0.25, 0.3) is 0 Å². The van der Waals surface area contributed by atoms with E-state index in [9.17, 15) is 0 Å². The van der Waals surface area contributed by atoms with Crippen molar-refractivity contribution in [1.82, 2.24) is 15.1 Å². The number of hydrogen-bond acceptors (Lipinski definition) is 3. The fraction of sp³-hybridized carbons (Fsp3) is 0.727. The summed E-state index contributed by atoms with van der Waals surface area (Å²) >= 11 is 0. The Morgan fingerprint density at radius 2 is 2.40 bits per heavy atom. The fourth-order valence-electron chi connectivity index (χ4n) is 1.68. The van der Waals surface area contributed by atoms with E-state index in [0.29, 0.717) is 6.04 Å². The molecule has 1 aromatic heterocycles. The number of nitrogens with zero attached hydrogens (tertiary/aromatic N) is 2. The second-order valence-corrected chi connectivity index (χ2v) is 3.77. The highest BCUT2D eigenvalue weighted by atomic mass is 16.5. The van der Waals surface area contributed by atoms with Gasteiger partial charge in [0.15, 0.2) is 0 Å². The third-order valence-corrected chi connectivity index (χ3v) is 2.40. The second-order valence-electron chi connectivity index (χ2n) is 3.77. The Labute approximate surface area is 91.6 Å². The zero-order chi connectivity index (χ0) is 11.1. The van der Waals surface area contributed by atoms with Crippen LogP contribution in [-0.4, -0.2) is 36.1 Å². The first-order chi connectivity index (χ1) is 7.26. The predicted octanol–water partition coefficient (Wildman–Crippen LogP) is 0.977. The third-order valence-electron chi connectivity index (χ3n) is 2.40. The molecule has 0 aromatic carbocycles. The van der Waals surface area contributed by atoms with Gasteiger partial charge in [0.1, 0.15) is 0 Å². The van der Waals surface area contributed by atoms with Gasteiger partial charge < -0.3 is 10.1 Å². The Morgan fingerprint density at radius 1 is 1.60 bits per heavy atom. The van der Waals surface area contributed by atoms with Crippen LogP contribution in [0.1, 0.15) is 18.9 Å². The van der Waals surface area contributed by atoms with Gasteiger partial charge in [0, 0.05) is 26.4 Å². The molecule has 4 heteroatoms. The molecule has 0 spiro atoms. The highest BCUT2D eigenvalue weighted by Gasteiger charge is 2.07. The largest absolute Gasteiger partial charge is 0.383 e. The molecule has 1 N–H and O–H groups in total. The van der Waals surface area contributed by atoms with Crippen molar-refractivity contribution in [3.8, 4) is 0 Å². The van der Waals surface area contributed by atoms with Crippen molar-refractivity contribution < 1.29 is 4.74 Å². The van der Waals surface area contributed by atoms with Crippen LogP contribution in [0.4, 0.5) is 0 Å². The number of aryl methyl sites for hydroxylation is 2. The molecule has 0 bridgehead atoms. The molecule has 15 heavy (non-hydrogen) atoms. The molecule has 4 nitrogen and oxygen atoms in total. The maximum Gasteiger partial charge on any atom is 0.0615 e. The zero-order valence-corrected chi connectivity index (χ0v) is 9.86. The first-order valence-corrected chi connectivity index (χ1v) is 5.46. The van der Waals surface area contributed by atoms with Gasteiger partial charge in [-0.3, -0.25) is 4.68 Å². The highest BCUT2D eigenvalue weighted by molar-refractivity contribution is 5.03. The molecule has 0 fully saturated rings. The van der Waals surface area contributed by atoms with Gasteiger partial charge in [-0.2, -0.15) is 5.10 Å². The average Bonchev–Trinajstić information content (AvgIpc) is 2.61. The molecule has 0 aliphatic rings. The van der Waals surface area contributed by atoms with Gasteiger partial charge in [-0.15, -0.1) is 0 Å². The van der Waals surface area contributed by atoms with Crippen LogP contribution in [0.2, 0.25) is 0 Å². The molecule has 1 unspecified atom stereocenters. The van der Waals surface area contributed by atoms with Crippen LogP contribution in [-0.2, 0) is 18.2 Å². The minimum Gasteiger partial charge on any atom is -0.383 e. The summed E-state index contributed by atoms with van der Waals surface area (Å²) in [5.74, 6) is 0. The second kappa shape index (κ2) is 6.58. The van der Waals surface area contributed by atoms with Crippen LogP contribution in [0.3, 0.4) is 0 Å². The van der Waals surface area contributed by atoms with E-state index in [-0.39, 0.29) is 0 Å². The molecule has 0 aliphatic heterocycles. The number of methoxy groups -OCH3 is 1. The van der Waals surface area contributed by atoms with Gasteiger partial charge in [-0.25, -0.2) is 0 Å². The summed E-state index contributed by atoms with van der Waals surface area (Å²) in [5, 5.41) is 7.56. The summed E-state index contributed by atoms with van der Waals surface area (Å²) in [6.07, 6.45) is 6.13. The van der Waals surface area contributed by atoms with Crippen LogP contribution < -0.4 is 5.32 Å². The lowest BCUT2D eigenvalue weighted by atomic mass is 10.1. The first kappa shape index (κ1) is 12.2. The number of hydrogen-bond donors (Lipinski definition) is 1. The van der Waals surface area contributed by atoms with E-state index < -0.39 is 0 Å². The summed E-state index contributed by atoms with van der Waals surface area (Å²) in [6, 6.07) is 0.445. The topological polar surface area (TPSA) is 39.1 Å². The van der Waals surface area contributed by atoms with Crippen LogP contribution in [0.25, 0.3) is 0 Å². The van der Waals surface area contributed by atoms with Crippen molar-refractivity contribution in [3.05, 3.63) is 18.0 Å². The molecule has 1 atom stereocenters. The molecule has 1 rings (SSSR count). The Bertz CT molecular complexity index is 267. The standard InChI is InChI=1S/C11H21N3O/c1-4-12-11(9-15-3)6-5-10-7-13-14(2)8-10/h7-8,11-12H,4-6,9H2,1-3H3. The fourth-order valence-corrected chi connectivity index (χ4v) is 1.68. The molecule has 0 saturated heterocycles. The van der Waals surface area contributed by atoms with E-state index in [4.69, 9.17) is 4.74 Å². The quantitative estimate of drug-likeness (QED) is 0.730. The lowest BCUT2D eigenvalue weighted by Gasteiger charge is -2.15. The van der Waals surface area contributed by atoms with Crippen molar-refractivity contribution >= 4 is 0 Å². The van der Waals surface area contributed by atoms with E-state index in [0.717, 1.165) is 26.0 Å². The maximum absolute atomic E-state index is 5.17. The van der Waals surface area contributed by atoms with Crippen LogP contribution in [0.5, 0.6) is 0 Å². The Balaban J connectivity index is 2.32. The van der Waals surface area contributed by atoms with E-state index in [1.54, 1.807) is 7.11 Å². The number of likely N-dealkylation sites (N-methyl/N-ethyl adjacent to an activating group) is 1. The molecular weight excluding hydrogens is 190 g/mol. The predicted molar refractivity (Wildman–Crippen MR) is 60.9 cm³/mol. The average molecular weight is 211 g/mol. The van der Waals surface area contributed by atoms with Crippen molar-refractivity contribution in [2.24, 2.45) is 7.05 Å². The van der Waals surface area contributed by atoms with E-state index in [2.05, 4.69) is 23.5 Å². The summed E-state index contributed by atoms with van der Waals surface area (Å²) in [5.41, 5.74) is 1.29. The number of nitrogens with one attached hydrogen (secondary N) is 1. The SMILES string of the molecule is CCNC(CCc1cnn(C)c1)COC. The molecule has 0 aliphatic carbocycles. The van der Waals surface area contributed by atoms with Gasteiger partial charge >= 0.3 is 0 Å². The van der Waals surface area contributed by atoms with Crippen molar-refractivity contribution in [2.45, 2.75) is 25.8 Å². The van der Waals surface area contributed by atoms with Gasteiger partial charge in [0.05, 0.1) is 12.8 Å². The smallest absolute Gasteiger partial charge is 0.0615 e. The van der Waals surface area contributed by atoms with Gasteiger partial charge in [0.2, 0.25) is 0 Å². The minimum absolute atomic E-state index is 0.445. The first-order valence-electron chi connectivity index (χ1n) is 5.46.